The molecule has 1 aliphatic carbocycles. The van der Waals surface area contributed by atoms with Gasteiger partial charge in [-0.3, -0.25) is 4.98 Å². The number of carbonyl (C=O) groups is 1. The van der Waals surface area contributed by atoms with E-state index in [4.69, 9.17) is 0 Å². The third-order valence-electron chi connectivity index (χ3n) is 3.17. The van der Waals surface area contributed by atoms with Crippen molar-refractivity contribution < 1.29 is 9.90 Å². The number of amides is 2. The largest absolute Gasteiger partial charge is 0.391 e. The number of carbonyl (C=O) groups excluding carboxylic acids is 1. The van der Waals surface area contributed by atoms with Gasteiger partial charge in [0.15, 0.2) is 0 Å². The molecule has 1 saturated carbocycles. The van der Waals surface area contributed by atoms with Gasteiger partial charge in [0.05, 0.1) is 6.10 Å². The molecule has 98 valence electrons. The van der Waals surface area contributed by atoms with Gasteiger partial charge in [0, 0.05) is 32.5 Å². The van der Waals surface area contributed by atoms with Crippen molar-refractivity contribution in [3.05, 3.63) is 30.1 Å². The molecular weight excluding hydrogens is 230 g/mol. The number of nitrogens with zero attached hydrogens (tertiary/aromatic N) is 2. The number of aliphatic hydroxyl groups excluding tert-OH is 1. The second-order valence-electron chi connectivity index (χ2n) is 4.80. The van der Waals surface area contributed by atoms with Crippen LogP contribution in [0.5, 0.6) is 0 Å². The number of nitrogens with one attached hydrogen (secondary N) is 1. The Morgan fingerprint density at radius 1 is 1.56 bits per heavy atom. The average Bonchev–Trinajstić information content (AvgIpc) is 3.21. The Hall–Kier alpha value is -1.62. The molecule has 2 rings (SSSR count). The van der Waals surface area contributed by atoms with Crippen molar-refractivity contribution in [1.82, 2.24) is 15.2 Å². The normalized spacial score (nSPS) is 16.1. The molecule has 2 N–H and O–H groups in total. The Balaban J connectivity index is 1.73. The van der Waals surface area contributed by atoms with Gasteiger partial charge >= 0.3 is 6.03 Å². The fraction of sp³-hybridized carbons (Fsp3) is 0.538. The van der Waals surface area contributed by atoms with E-state index in [-0.39, 0.29) is 12.1 Å². The van der Waals surface area contributed by atoms with Crippen LogP contribution in [0.25, 0.3) is 0 Å². The lowest BCUT2D eigenvalue weighted by Crippen LogP contribution is -2.41. The molecule has 1 aromatic heterocycles. The fourth-order valence-electron chi connectivity index (χ4n) is 1.81. The molecule has 18 heavy (non-hydrogen) atoms. The standard InChI is InChI=1S/C13H19N3O2/c1-16(9-12(17)11-2-3-11)13(18)15-8-10-4-6-14-7-5-10/h4-7,11-12,17H,2-3,8-9H2,1H3,(H,15,18). The minimum absolute atomic E-state index is 0.161. The molecule has 1 aromatic rings. The van der Waals surface area contributed by atoms with E-state index in [1.165, 1.54) is 4.90 Å². The van der Waals surface area contributed by atoms with Gasteiger partial charge < -0.3 is 15.3 Å². The van der Waals surface area contributed by atoms with Crippen molar-refractivity contribution in [2.24, 2.45) is 5.92 Å². The number of rotatable bonds is 5. The van der Waals surface area contributed by atoms with Crippen LogP contribution in [0.15, 0.2) is 24.5 Å². The highest BCUT2D eigenvalue weighted by Crippen LogP contribution is 2.32. The minimum Gasteiger partial charge on any atom is -0.391 e. The maximum absolute atomic E-state index is 11.8. The lowest BCUT2D eigenvalue weighted by Gasteiger charge is -2.21. The van der Waals surface area contributed by atoms with Crippen molar-refractivity contribution >= 4 is 6.03 Å². The first-order valence-corrected chi connectivity index (χ1v) is 6.22. The predicted molar refractivity (Wildman–Crippen MR) is 67.8 cm³/mol. The van der Waals surface area contributed by atoms with Gasteiger partial charge in [-0.2, -0.15) is 0 Å². The summed E-state index contributed by atoms with van der Waals surface area (Å²) in [7, 11) is 1.70. The SMILES string of the molecule is CN(CC(O)C1CC1)C(=O)NCc1ccncc1. The lowest BCUT2D eigenvalue weighted by atomic mass is 10.2. The summed E-state index contributed by atoms with van der Waals surface area (Å²) in [5.74, 6) is 0.389. The van der Waals surface area contributed by atoms with Crippen molar-refractivity contribution in [3.8, 4) is 0 Å². The summed E-state index contributed by atoms with van der Waals surface area (Å²) in [5, 5.41) is 12.6. The van der Waals surface area contributed by atoms with Crippen LogP contribution in [0.1, 0.15) is 18.4 Å². The first-order chi connectivity index (χ1) is 8.66. The molecule has 1 aliphatic rings. The van der Waals surface area contributed by atoms with Crippen LogP contribution in [0.3, 0.4) is 0 Å². The van der Waals surface area contributed by atoms with Crippen LogP contribution in [0.2, 0.25) is 0 Å². The molecule has 5 heteroatoms. The molecule has 2 amide bonds. The number of hydrogen-bond acceptors (Lipinski definition) is 3. The summed E-state index contributed by atoms with van der Waals surface area (Å²) in [4.78, 5) is 17.2. The molecule has 1 heterocycles. The van der Waals surface area contributed by atoms with Gasteiger partial charge in [-0.05, 0) is 36.5 Å². The second kappa shape index (κ2) is 5.82. The van der Waals surface area contributed by atoms with Gasteiger partial charge in [-0.1, -0.05) is 0 Å². The number of urea groups is 1. The lowest BCUT2D eigenvalue weighted by molar-refractivity contribution is 0.113. The second-order valence-corrected chi connectivity index (χ2v) is 4.80. The van der Waals surface area contributed by atoms with Gasteiger partial charge in [-0.15, -0.1) is 0 Å². The summed E-state index contributed by atoms with van der Waals surface area (Å²) in [6.07, 6.45) is 5.16. The van der Waals surface area contributed by atoms with Crippen LogP contribution in [-0.2, 0) is 6.54 Å². The van der Waals surface area contributed by atoms with Gasteiger partial charge in [-0.25, -0.2) is 4.79 Å². The van der Waals surface area contributed by atoms with E-state index >= 15 is 0 Å². The first kappa shape index (κ1) is 12.8. The Morgan fingerprint density at radius 3 is 2.83 bits per heavy atom. The molecule has 1 atom stereocenters. The Kier molecular flexibility index (Phi) is 4.15. The first-order valence-electron chi connectivity index (χ1n) is 6.22. The maximum Gasteiger partial charge on any atom is 0.317 e. The zero-order valence-corrected chi connectivity index (χ0v) is 10.5. The summed E-state index contributed by atoms with van der Waals surface area (Å²) >= 11 is 0. The molecule has 0 aromatic carbocycles. The van der Waals surface area contributed by atoms with Crippen LogP contribution in [0.4, 0.5) is 4.79 Å². The summed E-state index contributed by atoms with van der Waals surface area (Å²) in [5.41, 5.74) is 1.01. The number of pyridine rings is 1. The van der Waals surface area contributed by atoms with Crippen molar-refractivity contribution in [2.75, 3.05) is 13.6 Å². The van der Waals surface area contributed by atoms with E-state index in [2.05, 4.69) is 10.3 Å². The molecule has 0 radical (unpaired) electrons. The van der Waals surface area contributed by atoms with E-state index in [9.17, 15) is 9.90 Å². The van der Waals surface area contributed by atoms with Crippen LogP contribution < -0.4 is 5.32 Å². The van der Waals surface area contributed by atoms with E-state index < -0.39 is 0 Å². The third-order valence-corrected chi connectivity index (χ3v) is 3.17. The number of aliphatic hydroxyl groups is 1. The number of aromatic nitrogens is 1. The van der Waals surface area contributed by atoms with E-state index in [0.717, 1.165) is 18.4 Å². The third kappa shape index (κ3) is 3.70. The molecule has 0 aliphatic heterocycles. The van der Waals surface area contributed by atoms with Gasteiger partial charge in [0.2, 0.25) is 0 Å². The summed E-state index contributed by atoms with van der Waals surface area (Å²) in [6.45, 7) is 0.873. The molecule has 5 nitrogen and oxygen atoms in total. The van der Waals surface area contributed by atoms with E-state index in [1.807, 2.05) is 12.1 Å². The van der Waals surface area contributed by atoms with Gasteiger partial charge in [0.1, 0.15) is 0 Å². The van der Waals surface area contributed by atoms with E-state index in [1.54, 1.807) is 19.4 Å². The smallest absolute Gasteiger partial charge is 0.317 e. The Labute approximate surface area is 107 Å². The molecule has 1 fully saturated rings. The Bertz CT molecular complexity index is 392. The van der Waals surface area contributed by atoms with Crippen LogP contribution >= 0.6 is 0 Å². The molecule has 0 bridgehead atoms. The minimum atomic E-state index is -0.387. The zero-order valence-electron chi connectivity index (χ0n) is 10.5. The quantitative estimate of drug-likeness (QED) is 0.818. The summed E-state index contributed by atoms with van der Waals surface area (Å²) in [6, 6.07) is 3.56. The molecule has 0 saturated heterocycles. The van der Waals surface area contributed by atoms with Crippen LogP contribution in [0, 0.1) is 5.92 Å². The topological polar surface area (TPSA) is 65.5 Å². The zero-order chi connectivity index (χ0) is 13.0. The highest BCUT2D eigenvalue weighted by molar-refractivity contribution is 5.73. The maximum atomic E-state index is 11.8. The van der Waals surface area contributed by atoms with Crippen LogP contribution in [-0.4, -0.2) is 40.7 Å². The monoisotopic (exact) mass is 249 g/mol. The van der Waals surface area contributed by atoms with E-state index in [0.29, 0.717) is 19.0 Å². The molecule has 1 unspecified atom stereocenters. The highest BCUT2D eigenvalue weighted by Gasteiger charge is 2.31. The average molecular weight is 249 g/mol. The molecular formula is C13H19N3O2. The van der Waals surface area contributed by atoms with Crippen molar-refractivity contribution in [1.29, 1.82) is 0 Å². The predicted octanol–water partition coefficient (Wildman–Crippen LogP) is 0.994. The van der Waals surface area contributed by atoms with Crippen molar-refractivity contribution in [2.45, 2.75) is 25.5 Å². The Morgan fingerprint density at radius 2 is 2.22 bits per heavy atom. The number of likely N-dealkylation sites (N-methyl/N-ethyl adjacent to an activating group) is 1. The summed E-state index contributed by atoms with van der Waals surface area (Å²) < 4.78 is 0. The van der Waals surface area contributed by atoms with Crippen molar-refractivity contribution in [3.63, 3.8) is 0 Å². The van der Waals surface area contributed by atoms with Gasteiger partial charge in [0.25, 0.3) is 0 Å². The fourth-order valence-corrected chi connectivity index (χ4v) is 1.81. The number of hydrogen-bond donors (Lipinski definition) is 2. The molecule has 0 spiro atoms. The highest BCUT2D eigenvalue weighted by atomic mass is 16.3.